The average Bonchev–Trinajstić information content (AvgIpc) is 2.96. The van der Waals surface area contributed by atoms with Crippen molar-refractivity contribution in [2.75, 3.05) is 31.6 Å². The van der Waals surface area contributed by atoms with Crippen LogP contribution >= 0.6 is 24.0 Å². The molecule has 1 unspecified atom stereocenters. The molecule has 0 radical (unpaired) electrons. The highest BCUT2D eigenvalue weighted by atomic mass is 127. The molecule has 2 N–H and O–H groups in total. The molecule has 1 aliphatic rings. The van der Waals surface area contributed by atoms with E-state index in [9.17, 15) is 4.79 Å². The number of aryl methyl sites for hydroxylation is 1. The number of nitrogens with one attached hydrogen (secondary N) is 2. The molecule has 1 aromatic rings. The fraction of sp³-hybridized carbons (Fsp3) is 0.706. The molecule has 2 heterocycles. The van der Waals surface area contributed by atoms with Gasteiger partial charge in [-0.3, -0.25) is 14.5 Å². The maximum absolute atomic E-state index is 11.8. The molecular formula is C17H31IN6O2. The summed E-state index contributed by atoms with van der Waals surface area (Å²) < 4.78 is 7.11. The first kappa shape index (κ1) is 22.5. The van der Waals surface area contributed by atoms with Gasteiger partial charge in [-0.1, -0.05) is 0 Å². The number of esters is 1. The lowest BCUT2D eigenvalue weighted by Gasteiger charge is -2.34. The van der Waals surface area contributed by atoms with Crippen molar-refractivity contribution in [3.63, 3.8) is 0 Å². The van der Waals surface area contributed by atoms with Crippen molar-refractivity contribution in [1.29, 1.82) is 0 Å². The standard InChI is InChI=1S/C17H30N6O2.HI/c1-17(2,3)25-15(24)10-19-16(18-4)21-13-7-6-8-23(11-13)14-9-20-22(5)12-14;/h9,12-13H,6-8,10-11H2,1-5H3,(H2,18,19,21);1H. The number of guanidine groups is 1. The number of piperidine rings is 1. The van der Waals surface area contributed by atoms with E-state index in [4.69, 9.17) is 4.74 Å². The van der Waals surface area contributed by atoms with E-state index in [1.807, 2.05) is 44.9 Å². The number of hydrogen-bond donors (Lipinski definition) is 2. The third kappa shape index (κ3) is 7.38. The van der Waals surface area contributed by atoms with Crippen molar-refractivity contribution < 1.29 is 9.53 Å². The van der Waals surface area contributed by atoms with Crippen molar-refractivity contribution in [2.45, 2.75) is 45.3 Å². The van der Waals surface area contributed by atoms with Crippen LogP contribution in [0.3, 0.4) is 0 Å². The lowest BCUT2D eigenvalue weighted by molar-refractivity contribution is -0.153. The molecule has 0 saturated carbocycles. The number of aromatic nitrogens is 2. The normalized spacial score (nSPS) is 18.1. The van der Waals surface area contributed by atoms with Crippen LogP contribution in [0.15, 0.2) is 17.4 Å². The van der Waals surface area contributed by atoms with Crippen molar-refractivity contribution in [3.05, 3.63) is 12.4 Å². The van der Waals surface area contributed by atoms with E-state index >= 15 is 0 Å². The van der Waals surface area contributed by atoms with Gasteiger partial charge in [0.25, 0.3) is 0 Å². The summed E-state index contributed by atoms with van der Waals surface area (Å²) in [5, 5.41) is 10.7. The Morgan fingerprint density at radius 3 is 2.77 bits per heavy atom. The lowest BCUT2D eigenvalue weighted by atomic mass is 10.1. The number of nitrogens with zero attached hydrogens (tertiary/aromatic N) is 4. The van der Waals surface area contributed by atoms with Gasteiger partial charge in [0.1, 0.15) is 12.1 Å². The van der Waals surface area contributed by atoms with Crippen LogP contribution in [0.2, 0.25) is 0 Å². The van der Waals surface area contributed by atoms with E-state index < -0.39 is 5.60 Å². The highest BCUT2D eigenvalue weighted by Crippen LogP contribution is 2.18. The molecule has 26 heavy (non-hydrogen) atoms. The Morgan fingerprint density at radius 1 is 1.46 bits per heavy atom. The third-order valence-corrected chi connectivity index (χ3v) is 3.86. The quantitative estimate of drug-likeness (QED) is 0.296. The summed E-state index contributed by atoms with van der Waals surface area (Å²) >= 11 is 0. The van der Waals surface area contributed by atoms with Gasteiger partial charge in [0.15, 0.2) is 5.96 Å². The molecule has 0 aromatic carbocycles. The molecule has 2 rings (SSSR count). The molecule has 0 spiro atoms. The molecule has 0 bridgehead atoms. The number of carbonyl (C=O) groups is 1. The van der Waals surface area contributed by atoms with E-state index in [0.717, 1.165) is 31.6 Å². The molecule has 1 saturated heterocycles. The maximum Gasteiger partial charge on any atom is 0.325 e. The highest BCUT2D eigenvalue weighted by molar-refractivity contribution is 14.0. The zero-order valence-electron chi connectivity index (χ0n) is 16.3. The van der Waals surface area contributed by atoms with Crippen LogP contribution in [0.5, 0.6) is 0 Å². The van der Waals surface area contributed by atoms with Crippen molar-refractivity contribution in [3.8, 4) is 0 Å². The number of rotatable bonds is 4. The van der Waals surface area contributed by atoms with Gasteiger partial charge in [0.05, 0.1) is 11.9 Å². The summed E-state index contributed by atoms with van der Waals surface area (Å²) in [6.07, 6.45) is 6.06. The zero-order valence-corrected chi connectivity index (χ0v) is 18.6. The second-order valence-electron chi connectivity index (χ2n) is 7.31. The van der Waals surface area contributed by atoms with Crippen LogP contribution in [0, 0.1) is 0 Å². The van der Waals surface area contributed by atoms with Crippen LogP contribution in [0.1, 0.15) is 33.6 Å². The molecule has 9 heteroatoms. The van der Waals surface area contributed by atoms with Crippen LogP contribution in [-0.2, 0) is 16.6 Å². The fourth-order valence-electron chi connectivity index (χ4n) is 2.82. The van der Waals surface area contributed by atoms with E-state index in [0.29, 0.717) is 5.96 Å². The Balaban J connectivity index is 0.00000338. The Bertz CT molecular complexity index is 611. The van der Waals surface area contributed by atoms with Crippen LogP contribution < -0.4 is 15.5 Å². The number of aliphatic imine (C=N–C) groups is 1. The van der Waals surface area contributed by atoms with Crippen molar-refractivity contribution >= 4 is 41.6 Å². The molecule has 0 amide bonds. The monoisotopic (exact) mass is 478 g/mol. The first-order valence-electron chi connectivity index (χ1n) is 8.69. The average molecular weight is 478 g/mol. The summed E-state index contributed by atoms with van der Waals surface area (Å²) in [7, 11) is 3.62. The minimum Gasteiger partial charge on any atom is -0.459 e. The lowest BCUT2D eigenvalue weighted by Crippen LogP contribution is -2.52. The predicted octanol–water partition coefficient (Wildman–Crippen LogP) is 1.51. The minimum absolute atomic E-state index is 0. The van der Waals surface area contributed by atoms with E-state index in [2.05, 4.69) is 25.6 Å². The number of carbonyl (C=O) groups excluding carboxylic acids is 1. The molecule has 1 atom stereocenters. The molecule has 8 nitrogen and oxygen atoms in total. The second-order valence-corrected chi connectivity index (χ2v) is 7.31. The molecule has 1 aliphatic heterocycles. The summed E-state index contributed by atoms with van der Waals surface area (Å²) in [5.41, 5.74) is 0.647. The molecule has 1 fully saturated rings. The molecule has 1 aromatic heterocycles. The molecule has 148 valence electrons. The highest BCUT2D eigenvalue weighted by Gasteiger charge is 2.22. The third-order valence-electron chi connectivity index (χ3n) is 3.86. The van der Waals surface area contributed by atoms with Crippen LogP contribution in [0.4, 0.5) is 5.69 Å². The topological polar surface area (TPSA) is 83.8 Å². The maximum atomic E-state index is 11.8. The summed E-state index contributed by atoms with van der Waals surface area (Å²) in [6, 6.07) is 0.263. The Morgan fingerprint density at radius 2 is 2.19 bits per heavy atom. The van der Waals surface area contributed by atoms with Gasteiger partial charge < -0.3 is 20.3 Å². The van der Waals surface area contributed by atoms with E-state index in [1.165, 1.54) is 0 Å². The second kappa shape index (κ2) is 9.98. The largest absolute Gasteiger partial charge is 0.459 e. The first-order chi connectivity index (χ1) is 11.8. The SMILES string of the molecule is CN=C(NCC(=O)OC(C)(C)C)NC1CCCN(c2cnn(C)c2)C1.I. The first-order valence-corrected chi connectivity index (χ1v) is 8.69. The van der Waals surface area contributed by atoms with Gasteiger partial charge in [-0.2, -0.15) is 5.10 Å². The predicted molar refractivity (Wildman–Crippen MR) is 114 cm³/mol. The number of ether oxygens (including phenoxy) is 1. The van der Waals surface area contributed by atoms with Gasteiger partial charge >= 0.3 is 5.97 Å². The Hall–Kier alpha value is -1.52. The molecule has 0 aliphatic carbocycles. The Kier molecular flexibility index (Phi) is 8.65. The van der Waals surface area contributed by atoms with Gasteiger partial charge in [-0.25, -0.2) is 0 Å². The summed E-state index contributed by atoms with van der Waals surface area (Å²) in [5.74, 6) is 0.319. The number of hydrogen-bond acceptors (Lipinski definition) is 5. The fourth-order valence-corrected chi connectivity index (χ4v) is 2.82. The Labute approximate surface area is 172 Å². The smallest absolute Gasteiger partial charge is 0.325 e. The van der Waals surface area contributed by atoms with Crippen LogP contribution in [0.25, 0.3) is 0 Å². The van der Waals surface area contributed by atoms with Gasteiger partial charge in [0.2, 0.25) is 0 Å². The number of anilines is 1. The van der Waals surface area contributed by atoms with Gasteiger partial charge in [-0.05, 0) is 33.6 Å². The molecular weight excluding hydrogens is 447 g/mol. The van der Waals surface area contributed by atoms with E-state index in [1.54, 1.807) is 7.05 Å². The van der Waals surface area contributed by atoms with Crippen molar-refractivity contribution in [1.82, 2.24) is 20.4 Å². The summed E-state index contributed by atoms with van der Waals surface area (Å²) in [4.78, 5) is 18.3. The van der Waals surface area contributed by atoms with E-state index in [-0.39, 0.29) is 42.5 Å². The van der Waals surface area contributed by atoms with Crippen LogP contribution in [-0.4, -0.2) is 60.0 Å². The van der Waals surface area contributed by atoms with Crippen molar-refractivity contribution in [2.24, 2.45) is 12.0 Å². The summed E-state index contributed by atoms with van der Waals surface area (Å²) in [6.45, 7) is 7.55. The van der Waals surface area contributed by atoms with Gasteiger partial charge in [-0.15, -0.1) is 24.0 Å². The minimum atomic E-state index is -0.483. The zero-order chi connectivity index (χ0) is 18.4. The van der Waals surface area contributed by atoms with Gasteiger partial charge in [0, 0.05) is 39.4 Å². The number of halogens is 1.